The molecule has 0 radical (unpaired) electrons. The Labute approximate surface area is 224 Å². The molecule has 4 rings (SSSR count). The average Bonchev–Trinajstić information content (AvgIpc) is 2.93. The number of carbonyl (C=O) groups is 2. The molecule has 2 aliphatic rings. The Balaban J connectivity index is 1.36. The molecule has 2 fully saturated rings. The molecule has 2 aromatic carbocycles. The lowest BCUT2D eigenvalue weighted by Crippen LogP contribution is -2.56. The van der Waals surface area contributed by atoms with Crippen LogP contribution in [0.5, 0.6) is 0 Å². The van der Waals surface area contributed by atoms with Gasteiger partial charge in [-0.05, 0) is 62.7 Å². The lowest BCUT2D eigenvalue weighted by atomic mass is 10.0. The molecule has 2 amide bonds. The fraction of sp³-hybridized carbons (Fsp3) is 0.500. The van der Waals surface area contributed by atoms with E-state index in [1.165, 1.54) is 23.7 Å². The largest absolute Gasteiger partial charge is 0.391 e. The number of benzene rings is 2. The van der Waals surface area contributed by atoms with Gasteiger partial charge in [0.1, 0.15) is 6.04 Å². The van der Waals surface area contributed by atoms with Crippen molar-refractivity contribution in [3.8, 4) is 0 Å². The molecule has 10 heteroatoms. The van der Waals surface area contributed by atoms with Crippen molar-refractivity contribution in [2.75, 3.05) is 49.2 Å². The molecule has 38 heavy (non-hydrogen) atoms. The van der Waals surface area contributed by atoms with E-state index in [2.05, 4.69) is 58.1 Å². The van der Waals surface area contributed by atoms with E-state index in [1.807, 2.05) is 12.1 Å². The third-order valence-electron chi connectivity index (χ3n) is 7.39. The molecule has 10 nitrogen and oxygen atoms in total. The van der Waals surface area contributed by atoms with E-state index in [-0.39, 0.29) is 6.04 Å². The maximum atomic E-state index is 12.6. The Hall–Kier alpha value is -3.18. The predicted octanol–water partition coefficient (Wildman–Crippen LogP) is 1.61. The summed E-state index contributed by atoms with van der Waals surface area (Å²) >= 11 is 0. The normalized spacial score (nSPS) is 22.0. The maximum absolute atomic E-state index is 12.6. The van der Waals surface area contributed by atoms with Crippen LogP contribution in [0.2, 0.25) is 0 Å². The Morgan fingerprint density at radius 2 is 1.47 bits per heavy atom. The van der Waals surface area contributed by atoms with Gasteiger partial charge in [0.2, 0.25) is 0 Å². The molecular weight excluding hydrogens is 486 g/mol. The van der Waals surface area contributed by atoms with Gasteiger partial charge in [0.15, 0.2) is 0 Å². The second kappa shape index (κ2) is 12.6. The first-order chi connectivity index (χ1) is 18.3. The first-order valence-corrected chi connectivity index (χ1v) is 13.2. The lowest BCUT2D eigenvalue weighted by molar-refractivity contribution is -0.133. The Morgan fingerprint density at radius 3 is 1.97 bits per heavy atom. The van der Waals surface area contributed by atoms with Gasteiger partial charge in [0.05, 0.1) is 19.3 Å². The first-order valence-electron chi connectivity index (χ1n) is 13.2. The highest BCUT2D eigenvalue weighted by Gasteiger charge is 2.30. The number of nitrogens with zero attached hydrogens (tertiary/aromatic N) is 3. The van der Waals surface area contributed by atoms with Gasteiger partial charge >= 0.3 is 0 Å². The molecule has 2 aliphatic heterocycles. The van der Waals surface area contributed by atoms with Gasteiger partial charge in [-0.2, -0.15) is 0 Å². The number of morpholine rings is 1. The van der Waals surface area contributed by atoms with Crippen LogP contribution in [-0.2, 0) is 16.1 Å². The third kappa shape index (κ3) is 6.63. The van der Waals surface area contributed by atoms with Crippen molar-refractivity contribution in [3.05, 3.63) is 59.7 Å². The van der Waals surface area contributed by atoms with Gasteiger partial charge in [-0.1, -0.05) is 12.1 Å². The summed E-state index contributed by atoms with van der Waals surface area (Å²) < 4.78 is 5.45. The molecule has 206 valence electrons. The van der Waals surface area contributed by atoms with E-state index >= 15 is 0 Å². The summed E-state index contributed by atoms with van der Waals surface area (Å²) in [6.07, 6.45) is -1.16. The van der Waals surface area contributed by atoms with Crippen molar-refractivity contribution < 1.29 is 24.6 Å². The summed E-state index contributed by atoms with van der Waals surface area (Å²) in [6, 6.07) is 15.4. The summed E-state index contributed by atoms with van der Waals surface area (Å²) in [5, 5.41) is 21.1. The van der Waals surface area contributed by atoms with Gasteiger partial charge in [-0.15, -0.1) is 0 Å². The van der Waals surface area contributed by atoms with E-state index in [4.69, 9.17) is 9.94 Å². The van der Waals surface area contributed by atoms with Gasteiger partial charge < -0.3 is 25.0 Å². The fourth-order valence-corrected chi connectivity index (χ4v) is 5.16. The molecule has 0 bridgehead atoms. The Bertz CT molecular complexity index is 1070. The molecule has 0 aliphatic carbocycles. The number of carbonyl (C=O) groups excluding carboxylic acids is 2. The number of anilines is 2. The zero-order valence-corrected chi connectivity index (χ0v) is 22.3. The Morgan fingerprint density at radius 1 is 0.947 bits per heavy atom. The van der Waals surface area contributed by atoms with Crippen LogP contribution < -0.4 is 20.6 Å². The number of hydroxylamine groups is 1. The zero-order valence-electron chi connectivity index (χ0n) is 22.3. The van der Waals surface area contributed by atoms with E-state index in [1.54, 1.807) is 12.1 Å². The van der Waals surface area contributed by atoms with Crippen molar-refractivity contribution >= 4 is 23.2 Å². The summed E-state index contributed by atoms with van der Waals surface area (Å²) in [5.74, 6) is -1.38. The molecule has 2 saturated heterocycles. The highest BCUT2D eigenvalue weighted by molar-refractivity contribution is 5.97. The van der Waals surface area contributed by atoms with Crippen LogP contribution in [0.3, 0.4) is 0 Å². The van der Waals surface area contributed by atoms with E-state index in [0.717, 1.165) is 51.6 Å². The SMILES string of the molecule is CC(O)C(NC(=O)c1ccc(N2CC(C)N(c3ccc(CN4CCOCC4)cc3)CC2C)cc1)C(=O)NO. The number of rotatable bonds is 8. The average molecular weight is 526 g/mol. The minimum absolute atomic E-state index is 0.256. The van der Waals surface area contributed by atoms with E-state index < -0.39 is 24.0 Å². The molecule has 2 aromatic rings. The predicted molar refractivity (Wildman–Crippen MR) is 145 cm³/mol. The number of ether oxygens (including phenoxy) is 1. The number of aliphatic hydroxyl groups excluding tert-OH is 1. The van der Waals surface area contributed by atoms with E-state index in [9.17, 15) is 14.7 Å². The standard InChI is InChI=1S/C28H39N5O5/c1-19-17-33(25-10-6-23(7-11-25)27(35)29-26(21(3)34)28(36)30-37)20(2)16-32(19)24-8-4-22(5-9-24)18-31-12-14-38-15-13-31/h4-11,19-21,26,34,37H,12-18H2,1-3H3,(H,29,35)(H,30,36). The molecule has 0 aromatic heterocycles. The fourth-order valence-electron chi connectivity index (χ4n) is 5.16. The molecule has 0 saturated carbocycles. The van der Waals surface area contributed by atoms with Gasteiger partial charge in [-0.3, -0.25) is 19.7 Å². The Kier molecular flexibility index (Phi) is 9.22. The van der Waals surface area contributed by atoms with E-state index in [0.29, 0.717) is 11.6 Å². The van der Waals surface area contributed by atoms with Crippen molar-refractivity contribution in [3.63, 3.8) is 0 Å². The third-order valence-corrected chi connectivity index (χ3v) is 7.39. The quantitative estimate of drug-likeness (QED) is 0.303. The number of hydrogen-bond acceptors (Lipinski definition) is 8. The highest BCUT2D eigenvalue weighted by Crippen LogP contribution is 2.28. The number of aliphatic hydroxyl groups is 1. The summed E-state index contributed by atoms with van der Waals surface area (Å²) in [6.45, 7) is 12.0. The topological polar surface area (TPSA) is 118 Å². The second-order valence-corrected chi connectivity index (χ2v) is 10.3. The summed E-state index contributed by atoms with van der Waals surface area (Å²) in [5.41, 5.74) is 5.39. The molecule has 0 spiro atoms. The van der Waals surface area contributed by atoms with Crippen LogP contribution in [0.4, 0.5) is 11.4 Å². The molecular formula is C28H39N5O5. The lowest BCUT2D eigenvalue weighted by Gasteiger charge is -2.46. The smallest absolute Gasteiger partial charge is 0.268 e. The second-order valence-electron chi connectivity index (χ2n) is 10.3. The van der Waals surface area contributed by atoms with Gasteiger partial charge in [0, 0.05) is 61.7 Å². The van der Waals surface area contributed by atoms with Crippen LogP contribution in [0.15, 0.2) is 48.5 Å². The molecule has 4 unspecified atom stereocenters. The van der Waals surface area contributed by atoms with Gasteiger partial charge in [0.25, 0.3) is 11.8 Å². The van der Waals surface area contributed by atoms with Crippen LogP contribution in [0, 0.1) is 0 Å². The minimum atomic E-state index is -1.26. The van der Waals surface area contributed by atoms with Crippen molar-refractivity contribution in [2.24, 2.45) is 0 Å². The van der Waals surface area contributed by atoms with Crippen molar-refractivity contribution in [2.45, 2.75) is 51.5 Å². The van der Waals surface area contributed by atoms with Crippen LogP contribution in [0.1, 0.15) is 36.7 Å². The number of piperazine rings is 1. The number of hydrogen-bond donors (Lipinski definition) is 4. The van der Waals surface area contributed by atoms with Crippen LogP contribution >= 0.6 is 0 Å². The molecule has 2 heterocycles. The molecule has 4 N–H and O–H groups in total. The number of nitrogens with one attached hydrogen (secondary N) is 2. The monoisotopic (exact) mass is 525 g/mol. The highest BCUT2D eigenvalue weighted by atomic mass is 16.5. The maximum Gasteiger partial charge on any atom is 0.268 e. The first kappa shape index (κ1) is 27.8. The van der Waals surface area contributed by atoms with Crippen LogP contribution in [0.25, 0.3) is 0 Å². The summed E-state index contributed by atoms with van der Waals surface area (Å²) in [7, 11) is 0. The minimum Gasteiger partial charge on any atom is -0.391 e. The van der Waals surface area contributed by atoms with Gasteiger partial charge in [-0.25, -0.2) is 5.48 Å². The molecule has 4 atom stereocenters. The number of amides is 2. The van der Waals surface area contributed by atoms with Crippen molar-refractivity contribution in [1.82, 2.24) is 15.7 Å². The summed E-state index contributed by atoms with van der Waals surface area (Å²) in [4.78, 5) is 31.5. The van der Waals surface area contributed by atoms with Crippen molar-refractivity contribution in [1.29, 1.82) is 0 Å². The van der Waals surface area contributed by atoms with Crippen LogP contribution in [-0.4, -0.2) is 90.7 Å². The zero-order chi connectivity index (χ0) is 27.2.